The van der Waals surface area contributed by atoms with Crippen LogP contribution in [0.25, 0.3) is 0 Å². The molecule has 11 heteroatoms. The minimum Gasteiger partial charge on any atom is -0.356 e. The van der Waals surface area contributed by atoms with E-state index >= 15 is 0 Å². The minimum atomic E-state index is -4.45. The molecular weight excluding hydrogens is 532 g/mol. The largest absolute Gasteiger partial charge is 0.417 e. The van der Waals surface area contributed by atoms with E-state index in [-0.39, 0.29) is 35.0 Å². The molecule has 2 saturated heterocycles. The summed E-state index contributed by atoms with van der Waals surface area (Å²) in [5.41, 5.74) is -0.835. The van der Waals surface area contributed by atoms with Crippen LogP contribution in [0.2, 0.25) is 5.02 Å². The van der Waals surface area contributed by atoms with Crippen LogP contribution in [0.1, 0.15) is 24.8 Å². The molecule has 0 spiro atoms. The van der Waals surface area contributed by atoms with E-state index in [1.165, 1.54) is 12.8 Å². The van der Waals surface area contributed by atoms with E-state index in [4.69, 9.17) is 11.6 Å². The number of aromatic nitrogens is 1. The van der Waals surface area contributed by atoms with Gasteiger partial charge in [-0.2, -0.15) is 13.2 Å². The number of aliphatic imine (C=N–C) groups is 1. The molecule has 170 valence electrons. The molecule has 1 aromatic rings. The van der Waals surface area contributed by atoms with Gasteiger partial charge in [0.05, 0.1) is 10.6 Å². The predicted molar refractivity (Wildman–Crippen MR) is 125 cm³/mol. The number of rotatable bonds is 4. The summed E-state index contributed by atoms with van der Waals surface area (Å²) < 4.78 is 38.4. The van der Waals surface area contributed by atoms with Gasteiger partial charge in [-0.15, -0.1) is 24.0 Å². The molecule has 3 rings (SSSR count). The number of nitrogens with zero attached hydrogens (tertiary/aromatic N) is 4. The Kier molecular flexibility index (Phi) is 9.29. The molecule has 0 aromatic carbocycles. The van der Waals surface area contributed by atoms with Gasteiger partial charge in [-0.1, -0.05) is 11.6 Å². The van der Waals surface area contributed by atoms with Gasteiger partial charge in [-0.3, -0.25) is 4.99 Å². The standard InChI is InChI=1S/C19H28ClF3N6.HI/c1-24-18(26-9-13-4-3-6-28(2)11-13)27-15-5-7-29(12-15)17-16(20)8-14(10-25-17)19(21,22)23;/h8,10,13,15H,3-7,9,11-12H2,1-2H3,(H2,24,26,27);1H. The maximum absolute atomic E-state index is 12.8. The second-order valence-corrected chi connectivity index (χ2v) is 8.23. The number of nitrogens with one attached hydrogen (secondary N) is 2. The first-order valence-corrected chi connectivity index (χ1v) is 10.3. The molecule has 2 fully saturated rings. The van der Waals surface area contributed by atoms with Crippen molar-refractivity contribution in [3.63, 3.8) is 0 Å². The quantitative estimate of drug-likeness (QED) is 0.336. The Bertz CT molecular complexity index is 733. The molecule has 3 heterocycles. The molecule has 6 nitrogen and oxygen atoms in total. The van der Waals surface area contributed by atoms with Crippen molar-refractivity contribution < 1.29 is 13.2 Å². The fraction of sp³-hybridized carbons (Fsp3) is 0.684. The highest BCUT2D eigenvalue weighted by Crippen LogP contribution is 2.34. The number of alkyl halides is 3. The Morgan fingerprint density at radius 1 is 1.30 bits per heavy atom. The molecule has 2 aliphatic heterocycles. The van der Waals surface area contributed by atoms with E-state index in [0.29, 0.717) is 24.8 Å². The third-order valence-electron chi connectivity index (χ3n) is 5.48. The lowest BCUT2D eigenvalue weighted by Gasteiger charge is -2.30. The van der Waals surface area contributed by atoms with E-state index in [1.54, 1.807) is 7.05 Å². The lowest BCUT2D eigenvalue weighted by molar-refractivity contribution is -0.137. The van der Waals surface area contributed by atoms with E-state index < -0.39 is 11.7 Å². The molecule has 0 aliphatic carbocycles. The number of halogens is 5. The lowest BCUT2D eigenvalue weighted by atomic mass is 9.99. The molecule has 2 unspecified atom stereocenters. The van der Waals surface area contributed by atoms with Gasteiger partial charge in [0.1, 0.15) is 5.82 Å². The maximum atomic E-state index is 12.8. The number of hydrogen-bond acceptors (Lipinski definition) is 4. The van der Waals surface area contributed by atoms with Crippen LogP contribution >= 0.6 is 35.6 Å². The summed E-state index contributed by atoms with van der Waals surface area (Å²) in [5, 5.41) is 6.83. The summed E-state index contributed by atoms with van der Waals surface area (Å²) in [6, 6.07) is 1.06. The zero-order valence-electron chi connectivity index (χ0n) is 17.2. The number of guanidine groups is 1. The monoisotopic (exact) mass is 560 g/mol. The topological polar surface area (TPSA) is 55.8 Å². The summed E-state index contributed by atoms with van der Waals surface area (Å²) >= 11 is 6.08. The third kappa shape index (κ3) is 6.74. The van der Waals surface area contributed by atoms with Gasteiger partial charge >= 0.3 is 6.18 Å². The van der Waals surface area contributed by atoms with Crippen molar-refractivity contribution >= 4 is 47.4 Å². The zero-order chi connectivity index (χ0) is 21.0. The highest BCUT2D eigenvalue weighted by atomic mass is 127. The van der Waals surface area contributed by atoms with Crippen molar-refractivity contribution in [1.82, 2.24) is 20.5 Å². The first kappa shape index (κ1) is 25.3. The fourth-order valence-corrected chi connectivity index (χ4v) is 4.24. The second kappa shape index (κ2) is 11.0. The Labute approximate surface area is 197 Å². The average molecular weight is 561 g/mol. The molecule has 30 heavy (non-hydrogen) atoms. The van der Waals surface area contributed by atoms with E-state index in [0.717, 1.165) is 44.3 Å². The Morgan fingerprint density at radius 3 is 2.70 bits per heavy atom. The Morgan fingerprint density at radius 2 is 2.07 bits per heavy atom. The first-order chi connectivity index (χ1) is 13.8. The summed E-state index contributed by atoms with van der Waals surface area (Å²) in [5.74, 6) is 1.73. The third-order valence-corrected chi connectivity index (χ3v) is 5.76. The molecule has 0 amide bonds. The van der Waals surface area contributed by atoms with Gasteiger partial charge in [0.2, 0.25) is 0 Å². The van der Waals surface area contributed by atoms with Crippen molar-refractivity contribution in [2.75, 3.05) is 51.7 Å². The van der Waals surface area contributed by atoms with Crippen LogP contribution in [0.15, 0.2) is 17.3 Å². The molecule has 0 radical (unpaired) electrons. The number of hydrogen-bond donors (Lipinski definition) is 2. The summed E-state index contributed by atoms with van der Waals surface area (Å²) in [6.07, 6.45) is -0.359. The summed E-state index contributed by atoms with van der Waals surface area (Å²) in [6.45, 7) is 4.37. The SMILES string of the molecule is CN=C(NCC1CCCN(C)C1)NC1CCN(c2ncc(C(F)(F)F)cc2Cl)C1.I. The molecular formula is C19H29ClF3IN6. The van der Waals surface area contributed by atoms with Crippen LogP contribution in [-0.4, -0.2) is 68.7 Å². The van der Waals surface area contributed by atoms with Crippen LogP contribution in [0.4, 0.5) is 19.0 Å². The van der Waals surface area contributed by atoms with Crippen molar-refractivity contribution in [1.29, 1.82) is 0 Å². The smallest absolute Gasteiger partial charge is 0.356 e. The number of pyridine rings is 1. The summed E-state index contributed by atoms with van der Waals surface area (Å²) in [4.78, 5) is 12.5. The van der Waals surface area contributed by atoms with Crippen LogP contribution in [0, 0.1) is 5.92 Å². The zero-order valence-corrected chi connectivity index (χ0v) is 20.3. The van der Waals surface area contributed by atoms with E-state index in [1.807, 2.05) is 4.90 Å². The van der Waals surface area contributed by atoms with Gasteiger partial charge < -0.3 is 20.4 Å². The summed E-state index contributed by atoms with van der Waals surface area (Å²) in [7, 11) is 3.89. The van der Waals surface area contributed by atoms with Gasteiger partial charge in [-0.25, -0.2) is 4.98 Å². The van der Waals surface area contributed by atoms with Gasteiger partial charge in [0.15, 0.2) is 5.96 Å². The van der Waals surface area contributed by atoms with Crippen molar-refractivity contribution in [2.45, 2.75) is 31.5 Å². The van der Waals surface area contributed by atoms with Crippen molar-refractivity contribution in [3.05, 3.63) is 22.8 Å². The fourth-order valence-electron chi connectivity index (χ4n) is 3.96. The van der Waals surface area contributed by atoms with Crippen molar-refractivity contribution in [2.24, 2.45) is 10.9 Å². The molecule has 2 atom stereocenters. The van der Waals surface area contributed by atoms with Gasteiger partial charge in [0, 0.05) is 45.5 Å². The molecule has 1 aromatic heterocycles. The van der Waals surface area contributed by atoms with E-state index in [2.05, 4.69) is 32.6 Å². The predicted octanol–water partition coefficient (Wildman–Crippen LogP) is 3.46. The van der Waals surface area contributed by atoms with Crippen LogP contribution < -0.4 is 15.5 Å². The van der Waals surface area contributed by atoms with Crippen molar-refractivity contribution in [3.8, 4) is 0 Å². The molecule has 0 bridgehead atoms. The molecule has 2 aliphatic rings. The maximum Gasteiger partial charge on any atom is 0.417 e. The number of likely N-dealkylation sites (tertiary alicyclic amines) is 1. The highest BCUT2D eigenvalue weighted by molar-refractivity contribution is 14.0. The minimum absolute atomic E-state index is 0. The lowest BCUT2D eigenvalue weighted by Crippen LogP contribution is -2.47. The van der Waals surface area contributed by atoms with E-state index in [9.17, 15) is 13.2 Å². The normalized spacial score (nSPS) is 23.3. The number of piperidine rings is 1. The first-order valence-electron chi connectivity index (χ1n) is 9.89. The van der Waals surface area contributed by atoms with Crippen LogP contribution in [-0.2, 0) is 6.18 Å². The highest BCUT2D eigenvalue weighted by Gasteiger charge is 2.33. The number of anilines is 1. The second-order valence-electron chi connectivity index (χ2n) is 7.83. The molecule has 0 saturated carbocycles. The van der Waals surface area contributed by atoms with Gasteiger partial charge in [-0.05, 0) is 44.8 Å². The Balaban J connectivity index is 0.00000320. The van der Waals surface area contributed by atoms with Gasteiger partial charge in [0.25, 0.3) is 0 Å². The van der Waals surface area contributed by atoms with Crippen LogP contribution in [0.5, 0.6) is 0 Å². The molecule has 2 N–H and O–H groups in total. The Hall–Kier alpha value is -1.01. The average Bonchev–Trinajstić information content (AvgIpc) is 3.12. The van der Waals surface area contributed by atoms with Crippen LogP contribution in [0.3, 0.4) is 0 Å².